The average Bonchev–Trinajstić information content (AvgIpc) is 2.68. The summed E-state index contributed by atoms with van der Waals surface area (Å²) in [6.45, 7) is 0. The van der Waals surface area contributed by atoms with E-state index in [4.69, 9.17) is 10.9 Å². The fraction of sp³-hybridized carbons (Fsp3) is 0.250. The summed E-state index contributed by atoms with van der Waals surface area (Å²) in [5.74, 6) is -1.89. The van der Waals surface area contributed by atoms with Crippen molar-refractivity contribution in [3.05, 3.63) is 6.07 Å². The van der Waals surface area contributed by atoms with Gasteiger partial charge in [0.2, 0.25) is 31.7 Å². The van der Waals surface area contributed by atoms with Crippen LogP contribution in [-0.2, 0) is 29.4 Å². The molecule has 20 heavy (non-hydrogen) atoms. The lowest BCUT2D eigenvalue weighted by atomic mass is 10.2. The summed E-state index contributed by atoms with van der Waals surface area (Å²) in [6, 6.07) is 0.964. The van der Waals surface area contributed by atoms with Gasteiger partial charge in [0.05, 0.1) is 12.1 Å². The number of fused-ring (bicyclic) bond motifs is 1. The number of anilines is 1. The third kappa shape index (κ3) is 2.42. The van der Waals surface area contributed by atoms with Crippen LogP contribution in [0.15, 0.2) is 14.5 Å². The van der Waals surface area contributed by atoms with Crippen molar-refractivity contribution in [2.75, 3.05) is 5.32 Å². The fourth-order valence-corrected chi connectivity index (χ4v) is 5.88. The Morgan fingerprint density at radius 3 is 2.55 bits per heavy atom. The number of sulfonamides is 1. The molecule has 0 spiro atoms. The SMILES string of the molecule is NC(=O)CC1C(=O)Nc2cc(S(N)(=O)=O)sc2S1(=O)=O. The molecule has 12 heteroatoms. The lowest BCUT2D eigenvalue weighted by Gasteiger charge is -2.20. The van der Waals surface area contributed by atoms with Crippen LogP contribution in [0.1, 0.15) is 6.42 Å². The molecular weight excluding hydrogens is 330 g/mol. The lowest BCUT2D eigenvalue weighted by molar-refractivity contribution is -0.122. The predicted octanol–water partition coefficient (Wildman–Crippen LogP) is -1.63. The summed E-state index contributed by atoms with van der Waals surface area (Å²) in [7, 11) is -8.27. The summed E-state index contributed by atoms with van der Waals surface area (Å²) < 4.78 is 46.1. The molecule has 0 fully saturated rings. The first kappa shape index (κ1) is 14.9. The van der Waals surface area contributed by atoms with Crippen LogP contribution in [0.4, 0.5) is 5.69 Å². The smallest absolute Gasteiger partial charge is 0.247 e. The van der Waals surface area contributed by atoms with Crippen molar-refractivity contribution in [1.29, 1.82) is 0 Å². The number of carbonyl (C=O) groups is 2. The third-order valence-electron chi connectivity index (χ3n) is 2.53. The molecule has 2 amide bonds. The van der Waals surface area contributed by atoms with Crippen LogP contribution in [-0.4, -0.2) is 33.9 Å². The molecule has 1 aliphatic heterocycles. The standard InChI is InChI=1S/C8H9N3O6S3/c9-5(12)2-4-7(13)11-3-1-6(20(10,16)17)18-8(3)19(4,14)15/h1,4H,2H2,(H2,9,12)(H,11,13)(H2,10,16,17). The first-order valence-electron chi connectivity index (χ1n) is 5.03. The van der Waals surface area contributed by atoms with E-state index in [0.29, 0.717) is 11.3 Å². The summed E-state index contributed by atoms with van der Waals surface area (Å²) >= 11 is 0.414. The molecule has 110 valence electrons. The van der Waals surface area contributed by atoms with Crippen molar-refractivity contribution >= 4 is 48.7 Å². The number of primary sulfonamides is 1. The zero-order valence-corrected chi connectivity index (χ0v) is 12.1. The molecule has 0 saturated carbocycles. The van der Waals surface area contributed by atoms with Crippen LogP contribution in [0.5, 0.6) is 0 Å². The van der Waals surface area contributed by atoms with E-state index < -0.39 is 47.6 Å². The number of nitrogens with two attached hydrogens (primary N) is 2. The van der Waals surface area contributed by atoms with Gasteiger partial charge in [-0.1, -0.05) is 0 Å². The minimum absolute atomic E-state index is 0.162. The summed E-state index contributed by atoms with van der Waals surface area (Å²) in [6.07, 6.45) is -0.684. The van der Waals surface area contributed by atoms with Crippen LogP contribution in [0, 0.1) is 0 Å². The van der Waals surface area contributed by atoms with E-state index in [-0.39, 0.29) is 9.90 Å². The van der Waals surface area contributed by atoms with Gasteiger partial charge in [0.15, 0.2) is 5.25 Å². The van der Waals surface area contributed by atoms with Gasteiger partial charge < -0.3 is 11.1 Å². The number of nitrogens with one attached hydrogen (secondary N) is 1. The number of sulfone groups is 1. The fourth-order valence-electron chi connectivity index (χ4n) is 1.66. The molecule has 1 atom stereocenters. The van der Waals surface area contributed by atoms with Gasteiger partial charge in [0, 0.05) is 0 Å². The molecule has 1 aromatic rings. The third-order valence-corrected chi connectivity index (χ3v) is 7.69. The van der Waals surface area contributed by atoms with Gasteiger partial charge in [-0.25, -0.2) is 22.0 Å². The van der Waals surface area contributed by atoms with Crippen molar-refractivity contribution in [3.8, 4) is 0 Å². The van der Waals surface area contributed by atoms with Crippen LogP contribution >= 0.6 is 11.3 Å². The van der Waals surface area contributed by atoms with E-state index in [1.54, 1.807) is 0 Å². The highest BCUT2D eigenvalue weighted by Gasteiger charge is 2.43. The molecule has 2 heterocycles. The molecule has 2 rings (SSSR count). The van der Waals surface area contributed by atoms with E-state index >= 15 is 0 Å². The molecule has 9 nitrogen and oxygen atoms in total. The van der Waals surface area contributed by atoms with Gasteiger partial charge >= 0.3 is 0 Å². The average molecular weight is 339 g/mol. The zero-order valence-electron chi connectivity index (χ0n) is 9.69. The molecule has 0 radical (unpaired) electrons. The molecular formula is C8H9N3O6S3. The maximum atomic E-state index is 12.2. The Balaban J connectivity index is 2.61. The van der Waals surface area contributed by atoms with E-state index in [1.165, 1.54) is 0 Å². The molecule has 0 bridgehead atoms. The maximum Gasteiger partial charge on any atom is 0.247 e. The van der Waals surface area contributed by atoms with Crippen molar-refractivity contribution in [2.45, 2.75) is 20.1 Å². The normalized spacial score (nSPS) is 21.1. The topological polar surface area (TPSA) is 166 Å². The van der Waals surface area contributed by atoms with Crippen LogP contribution in [0.3, 0.4) is 0 Å². The molecule has 1 unspecified atom stereocenters. The molecule has 1 aliphatic rings. The predicted molar refractivity (Wildman–Crippen MR) is 69.1 cm³/mol. The minimum Gasteiger partial charge on any atom is -0.370 e. The lowest BCUT2D eigenvalue weighted by Crippen LogP contribution is -2.41. The highest BCUT2D eigenvalue weighted by atomic mass is 32.3. The largest absolute Gasteiger partial charge is 0.370 e. The minimum atomic E-state index is -4.18. The summed E-state index contributed by atoms with van der Waals surface area (Å²) in [5.41, 5.74) is 4.74. The number of hydrogen-bond donors (Lipinski definition) is 3. The summed E-state index contributed by atoms with van der Waals surface area (Å²) in [4.78, 5) is 22.5. The number of primary amides is 1. The van der Waals surface area contributed by atoms with Gasteiger partial charge in [-0.3, -0.25) is 9.59 Å². The first-order valence-corrected chi connectivity index (χ1v) is 8.94. The van der Waals surface area contributed by atoms with Crippen LogP contribution < -0.4 is 16.2 Å². The molecule has 0 aliphatic carbocycles. The first-order chi connectivity index (χ1) is 9.03. The van der Waals surface area contributed by atoms with Gasteiger partial charge in [0.25, 0.3) is 0 Å². The Labute approximate surface area is 117 Å². The van der Waals surface area contributed by atoms with Crippen molar-refractivity contribution < 1.29 is 26.4 Å². The van der Waals surface area contributed by atoms with E-state index in [1.807, 2.05) is 0 Å². The molecule has 0 saturated heterocycles. The Hall–Kier alpha value is -1.50. The van der Waals surface area contributed by atoms with Crippen LogP contribution in [0.2, 0.25) is 0 Å². The molecule has 1 aromatic heterocycles. The maximum absolute atomic E-state index is 12.2. The van der Waals surface area contributed by atoms with Crippen molar-refractivity contribution in [1.82, 2.24) is 0 Å². The number of amides is 2. The second-order valence-corrected chi connectivity index (χ2v) is 9.17. The number of thiophene rings is 1. The zero-order chi connectivity index (χ0) is 15.3. The highest BCUT2D eigenvalue weighted by molar-refractivity contribution is 7.96. The van der Waals surface area contributed by atoms with Gasteiger partial charge in [0.1, 0.15) is 8.42 Å². The Morgan fingerprint density at radius 2 is 2.05 bits per heavy atom. The number of rotatable bonds is 3. The van der Waals surface area contributed by atoms with E-state index in [0.717, 1.165) is 6.07 Å². The Kier molecular flexibility index (Phi) is 3.36. The number of carbonyl (C=O) groups excluding carboxylic acids is 2. The van der Waals surface area contributed by atoms with Gasteiger partial charge in [-0.15, -0.1) is 11.3 Å². The summed E-state index contributed by atoms with van der Waals surface area (Å²) in [5, 5.41) is 5.47. The Bertz CT molecular complexity index is 807. The van der Waals surface area contributed by atoms with Crippen molar-refractivity contribution in [2.24, 2.45) is 10.9 Å². The van der Waals surface area contributed by atoms with Gasteiger partial charge in [-0.05, 0) is 6.07 Å². The van der Waals surface area contributed by atoms with Gasteiger partial charge in [-0.2, -0.15) is 0 Å². The highest BCUT2D eigenvalue weighted by Crippen LogP contribution is 2.39. The second kappa shape index (κ2) is 4.51. The molecule has 5 N–H and O–H groups in total. The van der Waals surface area contributed by atoms with E-state index in [2.05, 4.69) is 5.32 Å². The quantitative estimate of drug-likeness (QED) is 0.597. The second-order valence-electron chi connectivity index (χ2n) is 4.00. The van der Waals surface area contributed by atoms with Crippen LogP contribution in [0.25, 0.3) is 0 Å². The van der Waals surface area contributed by atoms with E-state index in [9.17, 15) is 26.4 Å². The monoisotopic (exact) mass is 339 g/mol. The Morgan fingerprint density at radius 1 is 1.45 bits per heavy atom. The van der Waals surface area contributed by atoms with Crippen molar-refractivity contribution in [3.63, 3.8) is 0 Å². The number of hydrogen-bond acceptors (Lipinski definition) is 7. The molecule has 0 aromatic carbocycles.